The first-order valence-corrected chi connectivity index (χ1v) is 15.6. The predicted octanol–water partition coefficient (Wildman–Crippen LogP) is 7.76. The van der Waals surface area contributed by atoms with Gasteiger partial charge in [0, 0.05) is 24.2 Å². The number of hydrogen-bond donors (Lipinski definition) is 1. The lowest BCUT2D eigenvalue weighted by molar-refractivity contribution is -0.183. The van der Waals surface area contributed by atoms with Crippen molar-refractivity contribution in [3.05, 3.63) is 68.1 Å². The lowest BCUT2D eigenvalue weighted by Gasteiger charge is -2.47. The predicted molar refractivity (Wildman–Crippen MR) is 157 cm³/mol. The minimum atomic E-state index is -1.21. The molecule has 0 aliphatic heterocycles. The van der Waals surface area contributed by atoms with Crippen molar-refractivity contribution >= 4 is 44.8 Å². The van der Waals surface area contributed by atoms with Gasteiger partial charge >= 0.3 is 0 Å². The van der Waals surface area contributed by atoms with Crippen LogP contribution < -0.4 is 0 Å². The van der Waals surface area contributed by atoms with Crippen LogP contribution in [0.25, 0.3) is 21.5 Å². The molecule has 0 saturated heterocycles. The van der Waals surface area contributed by atoms with Crippen LogP contribution in [0.3, 0.4) is 0 Å². The van der Waals surface area contributed by atoms with E-state index in [-0.39, 0.29) is 35.4 Å². The second-order valence-electron chi connectivity index (χ2n) is 11.8. The summed E-state index contributed by atoms with van der Waals surface area (Å²) < 4.78 is 33.7. The van der Waals surface area contributed by atoms with Crippen molar-refractivity contribution in [2.24, 2.45) is 11.8 Å². The fourth-order valence-corrected chi connectivity index (χ4v) is 8.90. The summed E-state index contributed by atoms with van der Waals surface area (Å²) in [4.78, 5) is 4.57. The number of nitrogens with zero attached hydrogens (tertiary/aromatic N) is 3. The monoisotopic (exact) mass is 627 g/mol. The molecule has 3 aliphatic rings. The molecule has 1 unspecified atom stereocenters. The highest BCUT2D eigenvalue weighted by Crippen LogP contribution is 2.60. The summed E-state index contributed by atoms with van der Waals surface area (Å²) in [5.41, 5.74) is 0.598. The number of methoxy groups -OCH3 is 1. The topological polar surface area (TPSA) is 101 Å². The molecule has 2 bridgehead atoms. The maximum absolute atomic E-state index is 14.8. The molecule has 7 nitrogen and oxygen atoms in total. The number of thiazole rings is 1. The number of halogens is 3. The molecule has 4 atom stereocenters. The van der Waals surface area contributed by atoms with Gasteiger partial charge in [-0.2, -0.15) is 5.26 Å². The number of aliphatic hydroxyl groups is 1. The molecule has 3 saturated carbocycles. The van der Waals surface area contributed by atoms with Gasteiger partial charge in [-0.15, -0.1) is 11.3 Å². The van der Waals surface area contributed by atoms with Gasteiger partial charge in [-0.05, 0) is 74.6 Å². The Morgan fingerprint density at radius 3 is 2.52 bits per heavy atom. The molecular formula is C31H28Cl2FN3O4S. The van der Waals surface area contributed by atoms with E-state index in [9.17, 15) is 14.8 Å². The largest absolute Gasteiger partial charge is 0.382 e. The number of ether oxygens (including phenoxy) is 2. The zero-order valence-electron chi connectivity index (χ0n) is 22.8. The Balaban J connectivity index is 1.20. The lowest BCUT2D eigenvalue weighted by Crippen LogP contribution is -2.52. The molecule has 11 heteroatoms. The quantitative estimate of drug-likeness (QED) is 0.213. The van der Waals surface area contributed by atoms with Crippen molar-refractivity contribution < 1.29 is 23.5 Å². The Hall–Kier alpha value is -2.58. The number of benzene rings is 2. The summed E-state index contributed by atoms with van der Waals surface area (Å²) in [6, 6.07) is 10.2. The standard InChI is InChI=1S/C31H28Cl2FN3O4S/c1-39-15-30(40-14-20-26(37-41-28(20)17-5-6-17)25-21(32)3-2-4-22(25)33)11-18-7-8-19(12-30)31(18,38)29-36-27-23(34)9-16(13-35)10-24(27)42-29/h2-4,9-10,17-19,38H,5-8,11-12,14-15H2,1H3/t18-,19+,30?,31-. The van der Waals surface area contributed by atoms with Crippen LogP contribution in [0.4, 0.5) is 4.39 Å². The lowest BCUT2D eigenvalue weighted by atomic mass is 9.68. The minimum Gasteiger partial charge on any atom is -0.382 e. The number of aromatic nitrogens is 2. The Bertz CT molecular complexity index is 1690. The molecule has 4 aromatic rings. The molecule has 3 fully saturated rings. The summed E-state index contributed by atoms with van der Waals surface area (Å²) in [7, 11) is 1.65. The van der Waals surface area contributed by atoms with Gasteiger partial charge < -0.3 is 19.1 Å². The molecule has 3 aliphatic carbocycles. The number of hydrogen-bond acceptors (Lipinski definition) is 8. The molecule has 1 N–H and O–H groups in total. The molecule has 2 aromatic heterocycles. The Labute approximate surface area is 256 Å². The van der Waals surface area contributed by atoms with Gasteiger partial charge in [-0.3, -0.25) is 0 Å². The van der Waals surface area contributed by atoms with Crippen molar-refractivity contribution in [2.75, 3.05) is 13.7 Å². The molecule has 218 valence electrons. The van der Waals surface area contributed by atoms with E-state index < -0.39 is 17.0 Å². The van der Waals surface area contributed by atoms with E-state index in [1.165, 1.54) is 17.4 Å². The van der Waals surface area contributed by atoms with E-state index in [0.29, 0.717) is 50.5 Å². The van der Waals surface area contributed by atoms with Gasteiger partial charge in [-0.1, -0.05) is 34.4 Å². The van der Waals surface area contributed by atoms with E-state index >= 15 is 0 Å². The number of rotatable bonds is 8. The molecule has 2 aromatic carbocycles. The van der Waals surface area contributed by atoms with Crippen LogP contribution in [-0.4, -0.2) is 34.6 Å². The van der Waals surface area contributed by atoms with Crippen molar-refractivity contribution in [3.8, 4) is 17.3 Å². The van der Waals surface area contributed by atoms with Crippen LogP contribution >= 0.6 is 34.5 Å². The number of fused-ring (bicyclic) bond motifs is 3. The molecule has 7 rings (SSSR count). The maximum Gasteiger partial charge on any atom is 0.151 e. The van der Waals surface area contributed by atoms with Crippen molar-refractivity contribution in [2.45, 2.75) is 62.3 Å². The molecule has 0 amide bonds. The van der Waals surface area contributed by atoms with Gasteiger partial charge in [0.1, 0.15) is 27.6 Å². The summed E-state index contributed by atoms with van der Waals surface area (Å²) in [5.74, 6) is 0.224. The van der Waals surface area contributed by atoms with Crippen molar-refractivity contribution in [1.29, 1.82) is 5.26 Å². The average molecular weight is 629 g/mol. The fourth-order valence-electron chi connectivity index (χ4n) is 7.06. The highest BCUT2D eigenvalue weighted by molar-refractivity contribution is 7.18. The molecule has 42 heavy (non-hydrogen) atoms. The smallest absolute Gasteiger partial charge is 0.151 e. The van der Waals surface area contributed by atoms with E-state index in [1.807, 2.05) is 6.07 Å². The Morgan fingerprint density at radius 2 is 1.88 bits per heavy atom. The molecule has 0 radical (unpaired) electrons. The van der Waals surface area contributed by atoms with Crippen LogP contribution in [0.1, 0.15) is 66.3 Å². The highest BCUT2D eigenvalue weighted by atomic mass is 35.5. The van der Waals surface area contributed by atoms with E-state index in [4.69, 9.17) is 37.2 Å². The summed E-state index contributed by atoms with van der Waals surface area (Å²) >= 11 is 14.4. The second-order valence-corrected chi connectivity index (χ2v) is 13.6. The summed E-state index contributed by atoms with van der Waals surface area (Å²) in [5, 5.41) is 27.3. The van der Waals surface area contributed by atoms with Gasteiger partial charge in [-0.25, -0.2) is 9.37 Å². The zero-order valence-corrected chi connectivity index (χ0v) is 25.2. The van der Waals surface area contributed by atoms with Gasteiger partial charge in [0.2, 0.25) is 0 Å². The second kappa shape index (κ2) is 10.5. The van der Waals surface area contributed by atoms with Crippen LogP contribution in [0, 0.1) is 29.0 Å². The number of nitriles is 1. The van der Waals surface area contributed by atoms with Gasteiger partial charge in [0.05, 0.1) is 45.2 Å². The summed E-state index contributed by atoms with van der Waals surface area (Å²) in [6.45, 7) is 0.582. The summed E-state index contributed by atoms with van der Waals surface area (Å²) in [6.07, 6.45) is 4.72. The van der Waals surface area contributed by atoms with Crippen LogP contribution in [0.15, 0.2) is 34.9 Å². The van der Waals surface area contributed by atoms with Crippen LogP contribution in [0.2, 0.25) is 10.0 Å². The minimum absolute atomic E-state index is 0.159. The van der Waals surface area contributed by atoms with E-state index in [0.717, 1.165) is 37.0 Å². The maximum atomic E-state index is 14.8. The first-order valence-electron chi connectivity index (χ1n) is 14.0. The normalized spacial score (nSPS) is 27.0. The third-order valence-electron chi connectivity index (χ3n) is 9.16. The average Bonchev–Trinajstić information content (AvgIpc) is 3.53. The molecule has 2 heterocycles. The highest BCUT2D eigenvalue weighted by Gasteiger charge is 2.60. The molecule has 0 spiro atoms. The van der Waals surface area contributed by atoms with E-state index in [1.54, 1.807) is 31.4 Å². The van der Waals surface area contributed by atoms with Gasteiger partial charge in [0.25, 0.3) is 0 Å². The zero-order chi connectivity index (χ0) is 29.2. The van der Waals surface area contributed by atoms with Crippen LogP contribution in [-0.2, 0) is 21.7 Å². The van der Waals surface area contributed by atoms with Crippen LogP contribution in [0.5, 0.6) is 0 Å². The first kappa shape index (κ1) is 28.2. The third kappa shape index (κ3) is 4.55. The molecular weight excluding hydrogens is 600 g/mol. The Morgan fingerprint density at radius 1 is 1.17 bits per heavy atom. The van der Waals surface area contributed by atoms with E-state index in [2.05, 4.69) is 10.1 Å². The van der Waals surface area contributed by atoms with Crippen molar-refractivity contribution in [1.82, 2.24) is 10.1 Å². The van der Waals surface area contributed by atoms with Crippen molar-refractivity contribution in [3.63, 3.8) is 0 Å². The Kier molecular flexibility index (Phi) is 7.08. The fraction of sp³-hybridized carbons (Fsp3) is 0.452. The SMILES string of the molecule is COCC1(OCc2c(-c3c(Cl)cccc3Cl)noc2C2CC2)C[C@H]2CC[C@@H](C1)[C@@]2(O)c1nc2c(F)cc(C#N)cc2s1. The van der Waals surface area contributed by atoms with Gasteiger partial charge in [0.15, 0.2) is 5.82 Å². The first-order chi connectivity index (χ1) is 20.3. The third-order valence-corrected chi connectivity index (χ3v) is 10.9.